The van der Waals surface area contributed by atoms with Gasteiger partial charge in [-0.25, -0.2) is 26.3 Å². The molecular formula is C26H46N2O6S2. The summed E-state index contributed by atoms with van der Waals surface area (Å²) in [6.45, 7) is 8.33. The van der Waals surface area contributed by atoms with E-state index in [0.29, 0.717) is 50.4 Å². The highest BCUT2D eigenvalue weighted by Crippen LogP contribution is 2.67. The average Bonchev–Trinajstić information content (AvgIpc) is 3.27. The van der Waals surface area contributed by atoms with E-state index in [1.807, 2.05) is 0 Å². The number of hydrogen-bond acceptors (Lipinski definition) is 6. The molecule has 0 radical (unpaired) electrons. The molecule has 8 nitrogen and oxygen atoms in total. The van der Waals surface area contributed by atoms with E-state index >= 15 is 0 Å². The van der Waals surface area contributed by atoms with E-state index in [4.69, 9.17) is 0 Å². The fourth-order valence-corrected chi connectivity index (χ4v) is 13.8. The fraction of sp³-hybridized carbons (Fsp3) is 1.00. The van der Waals surface area contributed by atoms with Crippen LogP contribution in [0.1, 0.15) is 91.9 Å². The summed E-state index contributed by atoms with van der Waals surface area (Å²) < 4.78 is 59.6. The Morgan fingerprint density at radius 2 is 1.03 bits per heavy atom. The van der Waals surface area contributed by atoms with Crippen molar-refractivity contribution in [2.45, 2.75) is 116 Å². The summed E-state index contributed by atoms with van der Waals surface area (Å²) in [6, 6.07) is -1.02. The zero-order valence-corrected chi connectivity index (χ0v) is 23.9. The van der Waals surface area contributed by atoms with Crippen molar-refractivity contribution in [1.29, 1.82) is 0 Å². The van der Waals surface area contributed by atoms with Crippen molar-refractivity contribution in [2.75, 3.05) is 11.5 Å². The van der Waals surface area contributed by atoms with Gasteiger partial charge in [-0.2, -0.15) is 0 Å². The topological polar surface area (TPSA) is 133 Å². The molecule has 10 heteroatoms. The molecule has 8 atom stereocenters. The van der Waals surface area contributed by atoms with Crippen molar-refractivity contribution in [3.8, 4) is 0 Å². The smallest absolute Gasteiger partial charge is 0.212 e. The predicted molar refractivity (Wildman–Crippen MR) is 139 cm³/mol. The van der Waals surface area contributed by atoms with Crippen molar-refractivity contribution in [3.63, 3.8) is 0 Å². The minimum atomic E-state index is -3.75. The van der Waals surface area contributed by atoms with E-state index in [1.54, 1.807) is 0 Å². The quantitative estimate of drug-likeness (QED) is 0.370. The normalized spacial score (nSPS) is 45.4. The maximum atomic E-state index is 13.5. The molecule has 0 aromatic rings. The van der Waals surface area contributed by atoms with Crippen LogP contribution in [0, 0.1) is 33.5 Å². The van der Waals surface area contributed by atoms with Crippen LogP contribution in [-0.2, 0) is 20.0 Å². The van der Waals surface area contributed by atoms with E-state index in [2.05, 4.69) is 37.1 Å². The van der Waals surface area contributed by atoms with Crippen LogP contribution < -0.4 is 9.44 Å². The Morgan fingerprint density at radius 1 is 0.667 bits per heavy atom. The summed E-state index contributed by atoms with van der Waals surface area (Å²) in [5.74, 6) is 0.431. The molecule has 0 heterocycles. The van der Waals surface area contributed by atoms with E-state index in [-0.39, 0.29) is 22.3 Å². The van der Waals surface area contributed by atoms with Crippen molar-refractivity contribution in [3.05, 3.63) is 0 Å². The number of aliphatic hydroxyl groups excluding tert-OH is 2. The van der Waals surface area contributed by atoms with Gasteiger partial charge in [0, 0.05) is 22.9 Å². The van der Waals surface area contributed by atoms with Crippen LogP contribution in [-0.4, -0.2) is 62.8 Å². The third kappa shape index (κ3) is 4.03. The van der Waals surface area contributed by atoms with Crippen molar-refractivity contribution >= 4 is 20.0 Å². The lowest BCUT2D eigenvalue weighted by Gasteiger charge is -2.42. The molecule has 5 saturated carbocycles. The van der Waals surface area contributed by atoms with Crippen LogP contribution in [0.3, 0.4) is 0 Å². The highest BCUT2D eigenvalue weighted by Gasteiger charge is 2.66. The molecule has 0 amide bonds. The summed E-state index contributed by atoms with van der Waals surface area (Å²) in [5.41, 5.74) is -1.81. The number of hydrogen-bond donors (Lipinski definition) is 4. The first kappa shape index (κ1) is 27.3. The van der Waals surface area contributed by atoms with E-state index in [0.717, 1.165) is 25.7 Å². The van der Waals surface area contributed by atoms with Gasteiger partial charge < -0.3 is 10.2 Å². The first-order chi connectivity index (χ1) is 16.6. The van der Waals surface area contributed by atoms with Crippen LogP contribution in [0.15, 0.2) is 0 Å². The number of aliphatic hydroxyl groups is 2. The molecule has 0 aliphatic heterocycles. The van der Waals surface area contributed by atoms with E-state index < -0.39 is 55.2 Å². The van der Waals surface area contributed by atoms with E-state index in [9.17, 15) is 27.0 Å². The molecule has 5 fully saturated rings. The third-order valence-corrected chi connectivity index (χ3v) is 15.2. The second-order valence-electron chi connectivity index (χ2n) is 14.0. The Hall–Kier alpha value is -0.260. The molecule has 5 aliphatic rings. The van der Waals surface area contributed by atoms with Gasteiger partial charge in [0.15, 0.2) is 0 Å². The Morgan fingerprint density at radius 3 is 1.31 bits per heavy atom. The molecular weight excluding hydrogens is 500 g/mol. The molecule has 36 heavy (non-hydrogen) atoms. The van der Waals surface area contributed by atoms with Crippen LogP contribution in [0.2, 0.25) is 0 Å². The molecule has 0 aromatic heterocycles. The van der Waals surface area contributed by atoms with Gasteiger partial charge in [-0.3, -0.25) is 0 Å². The molecule has 4 N–H and O–H groups in total. The van der Waals surface area contributed by atoms with Crippen molar-refractivity contribution < 1.29 is 27.0 Å². The zero-order valence-electron chi connectivity index (χ0n) is 22.3. The highest BCUT2D eigenvalue weighted by atomic mass is 32.2. The van der Waals surface area contributed by atoms with Crippen LogP contribution in [0.5, 0.6) is 0 Å². The van der Waals surface area contributed by atoms with Gasteiger partial charge in [0.25, 0.3) is 0 Å². The summed E-state index contributed by atoms with van der Waals surface area (Å²) in [6.07, 6.45) is 6.17. The standard InChI is InChI=1S/C26H46N2O6S2/c1-23(2)17-9-11-25(23,21(29)13-17)15-35(31,32)27-19-7-5-6-8-20(19)28-36(33,34)16-26-12-10-18(14-22(26)30)24(26,3)4/h17-22,27-30H,5-16H2,1-4H3/t17-,18-,19-,20-,21-,22-,25-,26-/m0/s1. The molecule has 4 bridgehead atoms. The Labute approximate surface area is 217 Å². The van der Waals surface area contributed by atoms with Crippen molar-refractivity contribution in [1.82, 2.24) is 9.44 Å². The molecule has 0 unspecified atom stereocenters. The van der Waals surface area contributed by atoms with Gasteiger partial charge in [-0.1, -0.05) is 40.5 Å². The van der Waals surface area contributed by atoms with Crippen LogP contribution in [0.4, 0.5) is 0 Å². The molecule has 0 spiro atoms. The summed E-state index contributed by atoms with van der Waals surface area (Å²) in [4.78, 5) is 0. The molecule has 0 aromatic carbocycles. The minimum absolute atomic E-state index is 0.120. The van der Waals surface area contributed by atoms with E-state index in [1.165, 1.54) is 0 Å². The van der Waals surface area contributed by atoms with Gasteiger partial charge in [0.05, 0.1) is 23.7 Å². The largest absolute Gasteiger partial charge is 0.392 e. The average molecular weight is 547 g/mol. The SMILES string of the molecule is CC1(C)[C@H]2CC[C@]1(CS(=O)(=O)N[C@H]1CCCC[C@@H]1NS(=O)(=O)C[C@@]13CC[C@@H](C[C@@H]1O)C3(C)C)[C@@H](O)C2. The van der Waals surface area contributed by atoms with Gasteiger partial charge in [0.2, 0.25) is 20.0 Å². The Balaban J connectivity index is 1.30. The summed E-state index contributed by atoms with van der Waals surface area (Å²) >= 11 is 0. The number of fused-ring (bicyclic) bond motifs is 4. The summed E-state index contributed by atoms with van der Waals surface area (Å²) in [5, 5.41) is 21.7. The molecule has 5 aliphatic carbocycles. The lowest BCUT2D eigenvalue weighted by molar-refractivity contribution is 0.0148. The minimum Gasteiger partial charge on any atom is -0.392 e. The second kappa shape index (κ2) is 8.62. The van der Waals surface area contributed by atoms with Gasteiger partial charge in [0.1, 0.15) is 0 Å². The van der Waals surface area contributed by atoms with Crippen molar-refractivity contribution in [2.24, 2.45) is 33.5 Å². The zero-order chi connectivity index (χ0) is 26.4. The molecule has 0 saturated heterocycles. The Bertz CT molecular complexity index is 1000. The number of rotatable bonds is 8. The van der Waals surface area contributed by atoms with Gasteiger partial charge in [-0.05, 0) is 74.0 Å². The monoisotopic (exact) mass is 546 g/mol. The van der Waals surface area contributed by atoms with Crippen LogP contribution in [0.25, 0.3) is 0 Å². The lowest BCUT2D eigenvalue weighted by Crippen LogP contribution is -2.57. The van der Waals surface area contributed by atoms with Crippen LogP contribution >= 0.6 is 0 Å². The predicted octanol–water partition coefficient (Wildman–Crippen LogP) is 2.51. The van der Waals surface area contributed by atoms with Gasteiger partial charge in [-0.15, -0.1) is 0 Å². The third-order valence-electron chi connectivity index (χ3n) is 12.1. The maximum absolute atomic E-state index is 13.5. The molecule has 208 valence electrons. The Kier molecular flexibility index (Phi) is 6.54. The molecule has 5 rings (SSSR count). The first-order valence-electron chi connectivity index (χ1n) is 13.9. The summed E-state index contributed by atoms with van der Waals surface area (Å²) in [7, 11) is -7.49. The number of nitrogens with one attached hydrogen (secondary N) is 2. The lowest BCUT2D eigenvalue weighted by atomic mass is 9.70. The fourth-order valence-electron chi connectivity index (χ4n) is 9.39. The highest BCUT2D eigenvalue weighted by molar-refractivity contribution is 7.89. The number of sulfonamides is 2. The van der Waals surface area contributed by atoms with Gasteiger partial charge >= 0.3 is 0 Å². The first-order valence-corrected chi connectivity index (χ1v) is 17.2. The second-order valence-corrected chi connectivity index (χ2v) is 17.5. The maximum Gasteiger partial charge on any atom is 0.212 e.